The summed E-state index contributed by atoms with van der Waals surface area (Å²) in [6.07, 6.45) is 0. The van der Waals surface area contributed by atoms with Crippen LogP contribution in [0, 0.1) is 17.2 Å². The summed E-state index contributed by atoms with van der Waals surface area (Å²) in [7, 11) is 4.24. The number of anilines is 2. The minimum atomic E-state index is 0.556. The zero-order chi connectivity index (χ0) is 13.3. The summed E-state index contributed by atoms with van der Waals surface area (Å²) < 4.78 is 0. The van der Waals surface area contributed by atoms with Crippen molar-refractivity contribution in [3.8, 4) is 6.07 Å². The minimum Gasteiger partial charge on any atom is -0.397 e. The predicted octanol–water partition coefficient (Wildman–Crippen LogP) is 1.53. The Morgan fingerprint density at radius 3 is 2.61 bits per heavy atom. The van der Waals surface area contributed by atoms with E-state index >= 15 is 0 Å². The molecule has 18 heavy (non-hydrogen) atoms. The molecule has 1 heterocycles. The Kier molecular flexibility index (Phi) is 3.44. The van der Waals surface area contributed by atoms with E-state index in [2.05, 4.69) is 36.9 Å². The number of nitriles is 1. The van der Waals surface area contributed by atoms with Gasteiger partial charge in [0.15, 0.2) is 0 Å². The van der Waals surface area contributed by atoms with Crippen LogP contribution in [0.1, 0.15) is 12.5 Å². The number of nitrogens with two attached hydrogens (primary N) is 1. The van der Waals surface area contributed by atoms with Crippen molar-refractivity contribution in [2.45, 2.75) is 13.0 Å². The molecule has 2 rings (SSSR count). The molecule has 1 aliphatic rings. The molecule has 2 N–H and O–H groups in total. The van der Waals surface area contributed by atoms with E-state index in [0.717, 1.165) is 18.8 Å². The van der Waals surface area contributed by atoms with Crippen molar-refractivity contribution < 1.29 is 0 Å². The van der Waals surface area contributed by atoms with Gasteiger partial charge in [0.2, 0.25) is 0 Å². The highest BCUT2D eigenvalue weighted by Crippen LogP contribution is 2.30. The maximum absolute atomic E-state index is 8.85. The predicted molar refractivity (Wildman–Crippen MR) is 74.4 cm³/mol. The first-order valence-corrected chi connectivity index (χ1v) is 6.24. The highest BCUT2D eigenvalue weighted by molar-refractivity contribution is 5.70. The lowest BCUT2D eigenvalue weighted by Gasteiger charge is -2.23. The van der Waals surface area contributed by atoms with E-state index in [1.54, 1.807) is 6.07 Å². The first-order valence-electron chi connectivity index (χ1n) is 6.24. The van der Waals surface area contributed by atoms with Crippen LogP contribution in [0.2, 0.25) is 0 Å². The Hall–Kier alpha value is -1.73. The van der Waals surface area contributed by atoms with E-state index < -0.39 is 0 Å². The zero-order valence-electron chi connectivity index (χ0n) is 11.2. The van der Waals surface area contributed by atoms with Gasteiger partial charge in [0.05, 0.1) is 23.0 Å². The molecule has 0 radical (unpaired) electrons. The molecule has 1 fully saturated rings. The van der Waals surface area contributed by atoms with E-state index in [1.165, 1.54) is 0 Å². The van der Waals surface area contributed by atoms with Crippen LogP contribution in [-0.4, -0.2) is 38.1 Å². The molecule has 0 amide bonds. The van der Waals surface area contributed by atoms with E-state index in [4.69, 9.17) is 11.0 Å². The molecule has 0 aliphatic carbocycles. The van der Waals surface area contributed by atoms with Crippen molar-refractivity contribution in [3.05, 3.63) is 23.8 Å². The van der Waals surface area contributed by atoms with Gasteiger partial charge in [0.1, 0.15) is 0 Å². The third-order valence-electron chi connectivity index (χ3n) is 3.73. The molecule has 1 saturated heterocycles. The van der Waals surface area contributed by atoms with Crippen molar-refractivity contribution in [1.29, 1.82) is 5.26 Å². The standard InChI is InChI=1S/C14H20N4/c1-10-8-18(9-14(10)17(2)3)13-5-4-11(7-15)6-12(13)16/h4-6,10,14H,8-9,16H2,1-3H3. The van der Waals surface area contributed by atoms with Crippen LogP contribution in [0.3, 0.4) is 0 Å². The number of hydrogen-bond acceptors (Lipinski definition) is 4. The number of nitrogen functional groups attached to an aromatic ring is 1. The first-order chi connectivity index (χ1) is 8.52. The molecule has 2 atom stereocenters. The molecule has 0 spiro atoms. The van der Waals surface area contributed by atoms with Gasteiger partial charge in [0.25, 0.3) is 0 Å². The van der Waals surface area contributed by atoms with Crippen LogP contribution in [-0.2, 0) is 0 Å². The Morgan fingerprint density at radius 1 is 1.39 bits per heavy atom. The van der Waals surface area contributed by atoms with Crippen molar-refractivity contribution >= 4 is 11.4 Å². The van der Waals surface area contributed by atoms with Crippen molar-refractivity contribution in [2.24, 2.45) is 5.92 Å². The van der Waals surface area contributed by atoms with E-state index in [-0.39, 0.29) is 0 Å². The van der Waals surface area contributed by atoms with Crippen LogP contribution in [0.25, 0.3) is 0 Å². The molecule has 96 valence electrons. The third kappa shape index (κ3) is 2.27. The topological polar surface area (TPSA) is 56.3 Å². The van der Waals surface area contributed by atoms with Crippen LogP contribution in [0.4, 0.5) is 11.4 Å². The molecular formula is C14H20N4. The second kappa shape index (κ2) is 4.87. The van der Waals surface area contributed by atoms with Gasteiger partial charge < -0.3 is 15.5 Å². The summed E-state index contributed by atoms with van der Waals surface area (Å²) in [5.41, 5.74) is 8.40. The van der Waals surface area contributed by atoms with E-state index in [9.17, 15) is 0 Å². The maximum Gasteiger partial charge on any atom is 0.0992 e. The smallest absolute Gasteiger partial charge is 0.0992 e. The Balaban J connectivity index is 2.22. The summed E-state index contributed by atoms with van der Waals surface area (Å²) in [5, 5.41) is 8.85. The second-order valence-corrected chi connectivity index (χ2v) is 5.30. The molecule has 1 aromatic rings. The molecule has 2 unspecified atom stereocenters. The van der Waals surface area contributed by atoms with Gasteiger partial charge in [-0.2, -0.15) is 5.26 Å². The first kappa shape index (κ1) is 12.7. The van der Waals surface area contributed by atoms with Crippen LogP contribution < -0.4 is 10.6 Å². The fraction of sp³-hybridized carbons (Fsp3) is 0.500. The number of nitrogens with zero attached hydrogens (tertiary/aromatic N) is 3. The molecule has 4 nitrogen and oxygen atoms in total. The summed E-state index contributed by atoms with van der Waals surface area (Å²) in [5.74, 6) is 0.620. The number of benzene rings is 1. The highest BCUT2D eigenvalue weighted by Gasteiger charge is 2.31. The molecule has 0 bridgehead atoms. The molecule has 1 aliphatic heterocycles. The van der Waals surface area contributed by atoms with Gasteiger partial charge in [-0.3, -0.25) is 0 Å². The summed E-state index contributed by atoms with van der Waals surface area (Å²) >= 11 is 0. The van der Waals surface area contributed by atoms with E-state index in [0.29, 0.717) is 23.2 Å². The highest BCUT2D eigenvalue weighted by atomic mass is 15.2. The van der Waals surface area contributed by atoms with Crippen molar-refractivity contribution in [2.75, 3.05) is 37.8 Å². The number of rotatable bonds is 2. The Morgan fingerprint density at radius 2 is 2.11 bits per heavy atom. The summed E-state index contributed by atoms with van der Waals surface area (Å²) in [6, 6.07) is 8.21. The zero-order valence-corrected chi connectivity index (χ0v) is 11.2. The van der Waals surface area contributed by atoms with Crippen LogP contribution >= 0.6 is 0 Å². The monoisotopic (exact) mass is 244 g/mol. The molecule has 4 heteroatoms. The molecule has 0 saturated carbocycles. The maximum atomic E-state index is 8.85. The van der Waals surface area contributed by atoms with Gasteiger partial charge >= 0.3 is 0 Å². The van der Waals surface area contributed by atoms with Crippen LogP contribution in [0.5, 0.6) is 0 Å². The molecule has 0 aromatic heterocycles. The SMILES string of the molecule is CC1CN(c2ccc(C#N)cc2N)CC1N(C)C. The van der Waals surface area contributed by atoms with Gasteiger partial charge in [-0.25, -0.2) is 0 Å². The van der Waals surface area contributed by atoms with Crippen molar-refractivity contribution in [3.63, 3.8) is 0 Å². The average Bonchev–Trinajstić information content (AvgIpc) is 2.71. The second-order valence-electron chi connectivity index (χ2n) is 5.30. The summed E-state index contributed by atoms with van der Waals surface area (Å²) in [6.45, 7) is 4.27. The fourth-order valence-corrected chi connectivity index (χ4v) is 2.73. The van der Waals surface area contributed by atoms with Gasteiger partial charge in [-0.1, -0.05) is 6.92 Å². The molecule has 1 aromatic carbocycles. The quantitative estimate of drug-likeness (QED) is 0.802. The largest absolute Gasteiger partial charge is 0.397 e. The lowest BCUT2D eigenvalue weighted by molar-refractivity contribution is 0.266. The summed E-state index contributed by atoms with van der Waals surface area (Å²) in [4.78, 5) is 4.58. The minimum absolute atomic E-state index is 0.556. The fourth-order valence-electron chi connectivity index (χ4n) is 2.73. The van der Waals surface area contributed by atoms with Gasteiger partial charge in [0, 0.05) is 19.1 Å². The van der Waals surface area contributed by atoms with E-state index in [1.807, 2.05) is 12.1 Å². The lowest BCUT2D eigenvalue weighted by Crippen LogP contribution is -2.34. The van der Waals surface area contributed by atoms with Crippen molar-refractivity contribution in [1.82, 2.24) is 4.90 Å². The average molecular weight is 244 g/mol. The normalized spacial score (nSPS) is 23.4. The molecular weight excluding hydrogens is 224 g/mol. The number of likely N-dealkylation sites (N-methyl/N-ethyl adjacent to an activating group) is 1. The number of hydrogen-bond donors (Lipinski definition) is 1. The lowest BCUT2D eigenvalue weighted by atomic mass is 10.1. The van der Waals surface area contributed by atoms with Gasteiger partial charge in [-0.05, 0) is 38.2 Å². The Bertz CT molecular complexity index is 475. The Labute approximate surface area is 109 Å². The van der Waals surface area contributed by atoms with Gasteiger partial charge in [-0.15, -0.1) is 0 Å². The third-order valence-corrected chi connectivity index (χ3v) is 3.73. The van der Waals surface area contributed by atoms with Crippen LogP contribution in [0.15, 0.2) is 18.2 Å².